The number of carbonyl (C=O) groups is 1. The predicted molar refractivity (Wildman–Crippen MR) is 69.6 cm³/mol. The lowest BCUT2D eigenvalue weighted by atomic mass is 9.82. The van der Waals surface area contributed by atoms with Gasteiger partial charge in [-0.25, -0.2) is 0 Å². The Balaban J connectivity index is 1.81. The molecule has 0 aromatic carbocycles. The fourth-order valence-corrected chi connectivity index (χ4v) is 3.23. The van der Waals surface area contributed by atoms with E-state index in [1.807, 2.05) is 11.2 Å². The third kappa shape index (κ3) is 2.77. The molecule has 0 bridgehead atoms. The summed E-state index contributed by atoms with van der Waals surface area (Å²) in [6.07, 6.45) is 8.12. The third-order valence-corrected chi connectivity index (χ3v) is 5.49. The molecule has 1 saturated heterocycles. The molecule has 2 fully saturated rings. The van der Waals surface area contributed by atoms with Gasteiger partial charge in [-0.15, -0.1) is 11.8 Å². The van der Waals surface area contributed by atoms with Gasteiger partial charge in [-0.1, -0.05) is 6.42 Å². The van der Waals surface area contributed by atoms with E-state index >= 15 is 0 Å². The van der Waals surface area contributed by atoms with Gasteiger partial charge in [0.25, 0.3) is 0 Å². The first kappa shape index (κ1) is 12.8. The van der Waals surface area contributed by atoms with E-state index in [4.69, 9.17) is 0 Å². The Morgan fingerprint density at radius 1 is 1.47 bits per heavy atom. The minimum Gasteiger partial charge on any atom is -0.343 e. The van der Waals surface area contributed by atoms with Crippen molar-refractivity contribution >= 4 is 17.7 Å². The normalized spacial score (nSPS) is 23.9. The molecule has 0 atom stereocenters. The van der Waals surface area contributed by atoms with Gasteiger partial charge in [0.15, 0.2) is 0 Å². The quantitative estimate of drug-likeness (QED) is 0.775. The van der Waals surface area contributed by atoms with E-state index in [2.05, 4.69) is 6.07 Å². The lowest BCUT2D eigenvalue weighted by molar-refractivity contribution is -0.133. The van der Waals surface area contributed by atoms with Crippen LogP contribution in [0.15, 0.2) is 0 Å². The Labute approximate surface area is 108 Å². The van der Waals surface area contributed by atoms with Gasteiger partial charge in [-0.05, 0) is 37.9 Å². The second-order valence-electron chi connectivity index (χ2n) is 5.19. The Kier molecular flexibility index (Phi) is 3.98. The highest BCUT2D eigenvalue weighted by molar-refractivity contribution is 8.00. The maximum absolute atomic E-state index is 12.0. The molecule has 1 amide bonds. The van der Waals surface area contributed by atoms with E-state index in [1.54, 1.807) is 11.8 Å². The molecule has 0 unspecified atom stereocenters. The van der Waals surface area contributed by atoms with Crippen LogP contribution in [0.25, 0.3) is 0 Å². The molecular weight excluding hydrogens is 232 g/mol. The van der Waals surface area contributed by atoms with Crippen molar-refractivity contribution in [2.24, 2.45) is 5.92 Å². The van der Waals surface area contributed by atoms with Gasteiger partial charge < -0.3 is 4.90 Å². The molecule has 1 aliphatic carbocycles. The average molecular weight is 252 g/mol. The number of amides is 1. The van der Waals surface area contributed by atoms with Crippen molar-refractivity contribution in [2.45, 2.75) is 43.3 Å². The molecule has 4 heteroatoms. The highest BCUT2D eigenvalue weighted by atomic mass is 32.2. The first-order chi connectivity index (χ1) is 8.19. The fourth-order valence-electron chi connectivity index (χ4n) is 2.55. The Morgan fingerprint density at radius 3 is 2.53 bits per heavy atom. The van der Waals surface area contributed by atoms with Crippen molar-refractivity contribution in [1.29, 1.82) is 5.26 Å². The number of carbonyl (C=O) groups excluding carboxylic acids is 1. The second kappa shape index (κ2) is 5.30. The maximum atomic E-state index is 12.0. The first-order valence-corrected chi connectivity index (χ1v) is 7.66. The molecule has 2 rings (SSSR count). The molecule has 0 spiro atoms. The van der Waals surface area contributed by atoms with Crippen molar-refractivity contribution < 1.29 is 4.79 Å². The van der Waals surface area contributed by atoms with Gasteiger partial charge >= 0.3 is 0 Å². The maximum Gasteiger partial charge on any atom is 0.222 e. The zero-order valence-electron chi connectivity index (χ0n) is 10.4. The zero-order valence-corrected chi connectivity index (χ0v) is 11.3. The van der Waals surface area contributed by atoms with Gasteiger partial charge in [0, 0.05) is 19.5 Å². The molecule has 2 aliphatic rings. The third-order valence-electron chi connectivity index (χ3n) is 4.21. The summed E-state index contributed by atoms with van der Waals surface area (Å²) in [4.78, 5) is 14.0. The number of nitrogens with zero attached hydrogens (tertiary/aromatic N) is 2. The van der Waals surface area contributed by atoms with Gasteiger partial charge in [0.1, 0.15) is 4.75 Å². The van der Waals surface area contributed by atoms with Crippen LogP contribution in [-0.2, 0) is 4.79 Å². The van der Waals surface area contributed by atoms with Crippen LogP contribution < -0.4 is 0 Å². The Bertz CT molecular complexity index is 325. The van der Waals surface area contributed by atoms with Crippen molar-refractivity contribution in [3.05, 3.63) is 0 Å². The number of thioether (sulfide) groups is 1. The number of piperidine rings is 1. The van der Waals surface area contributed by atoms with E-state index in [9.17, 15) is 10.1 Å². The lowest BCUT2D eigenvalue weighted by Gasteiger charge is -2.37. The van der Waals surface area contributed by atoms with Gasteiger partial charge in [0.05, 0.1) is 6.07 Å². The average Bonchev–Trinajstić information content (AvgIpc) is 2.33. The standard InChI is InChI=1S/C13H20N2OS/c1-17-13(10-14)5-7-15(8-6-13)12(16)9-11-3-2-4-11/h11H,2-9H2,1H3. The van der Waals surface area contributed by atoms with Crippen molar-refractivity contribution in [1.82, 2.24) is 4.90 Å². The minimum absolute atomic E-state index is 0.243. The summed E-state index contributed by atoms with van der Waals surface area (Å²) in [5, 5.41) is 9.18. The predicted octanol–water partition coefficient (Wildman–Crippen LogP) is 2.42. The fraction of sp³-hybridized carbons (Fsp3) is 0.846. The van der Waals surface area contributed by atoms with Crippen LogP contribution in [0.4, 0.5) is 0 Å². The van der Waals surface area contributed by atoms with Crippen molar-refractivity contribution in [3.8, 4) is 6.07 Å². The lowest BCUT2D eigenvalue weighted by Crippen LogP contribution is -2.45. The monoisotopic (exact) mass is 252 g/mol. The minimum atomic E-state index is -0.243. The Morgan fingerprint density at radius 2 is 2.12 bits per heavy atom. The summed E-state index contributed by atoms with van der Waals surface area (Å²) in [6, 6.07) is 2.41. The smallest absolute Gasteiger partial charge is 0.222 e. The van der Waals surface area contributed by atoms with Crippen LogP contribution in [0.1, 0.15) is 38.5 Å². The van der Waals surface area contributed by atoms with E-state index < -0.39 is 0 Å². The number of hydrogen-bond donors (Lipinski definition) is 0. The molecule has 0 aromatic heterocycles. The van der Waals surface area contributed by atoms with Crippen LogP contribution in [0.2, 0.25) is 0 Å². The summed E-state index contributed by atoms with van der Waals surface area (Å²) in [6.45, 7) is 1.53. The van der Waals surface area contributed by atoms with E-state index in [1.165, 1.54) is 19.3 Å². The molecule has 0 radical (unpaired) electrons. The summed E-state index contributed by atoms with van der Waals surface area (Å²) in [5.74, 6) is 0.952. The second-order valence-corrected chi connectivity index (χ2v) is 6.38. The van der Waals surface area contributed by atoms with Crippen LogP contribution in [0.5, 0.6) is 0 Å². The number of rotatable bonds is 3. The molecule has 3 nitrogen and oxygen atoms in total. The summed E-state index contributed by atoms with van der Waals surface area (Å²) in [5.41, 5.74) is 0. The molecule has 1 aliphatic heterocycles. The topological polar surface area (TPSA) is 44.1 Å². The zero-order chi connectivity index (χ0) is 12.3. The SMILES string of the molecule is CSC1(C#N)CCN(C(=O)CC2CCC2)CC1. The highest BCUT2D eigenvalue weighted by Crippen LogP contribution is 2.35. The summed E-state index contributed by atoms with van der Waals surface area (Å²) in [7, 11) is 0. The molecule has 1 saturated carbocycles. The largest absolute Gasteiger partial charge is 0.343 e. The molecule has 0 aromatic rings. The van der Waals surface area contributed by atoms with Gasteiger partial charge in [0.2, 0.25) is 5.91 Å². The van der Waals surface area contributed by atoms with E-state index in [0.717, 1.165) is 32.4 Å². The molecule has 17 heavy (non-hydrogen) atoms. The van der Waals surface area contributed by atoms with Crippen LogP contribution in [-0.4, -0.2) is 34.9 Å². The van der Waals surface area contributed by atoms with Crippen LogP contribution >= 0.6 is 11.8 Å². The van der Waals surface area contributed by atoms with Crippen LogP contribution in [0, 0.1) is 17.2 Å². The highest BCUT2D eigenvalue weighted by Gasteiger charge is 2.35. The molecule has 1 heterocycles. The summed E-state index contributed by atoms with van der Waals surface area (Å²) < 4.78 is -0.243. The van der Waals surface area contributed by atoms with E-state index in [0.29, 0.717) is 11.8 Å². The molecule has 94 valence electrons. The Hall–Kier alpha value is -0.690. The number of hydrogen-bond acceptors (Lipinski definition) is 3. The van der Waals surface area contributed by atoms with E-state index in [-0.39, 0.29) is 4.75 Å². The van der Waals surface area contributed by atoms with Gasteiger partial charge in [-0.2, -0.15) is 5.26 Å². The van der Waals surface area contributed by atoms with Crippen molar-refractivity contribution in [2.75, 3.05) is 19.3 Å². The summed E-state index contributed by atoms with van der Waals surface area (Å²) >= 11 is 1.64. The molecular formula is C13H20N2OS. The number of nitriles is 1. The first-order valence-electron chi connectivity index (χ1n) is 6.43. The molecule has 0 N–H and O–H groups in total. The number of likely N-dealkylation sites (tertiary alicyclic amines) is 1. The van der Waals surface area contributed by atoms with Gasteiger partial charge in [-0.3, -0.25) is 4.79 Å². The van der Waals surface area contributed by atoms with Crippen molar-refractivity contribution in [3.63, 3.8) is 0 Å². The van der Waals surface area contributed by atoms with Crippen LogP contribution in [0.3, 0.4) is 0 Å².